The van der Waals surface area contributed by atoms with Gasteiger partial charge in [0, 0.05) is 18.3 Å². The van der Waals surface area contributed by atoms with Crippen molar-refractivity contribution in [3.05, 3.63) is 24.0 Å². The Bertz CT molecular complexity index is 398. The van der Waals surface area contributed by atoms with Crippen molar-refractivity contribution < 1.29 is 23.0 Å². The molecule has 0 saturated heterocycles. The number of pyridine rings is 1. The number of hydrogen-bond donors (Lipinski definition) is 2. The van der Waals surface area contributed by atoms with Gasteiger partial charge in [-0.15, -0.1) is 0 Å². The molecule has 0 saturated carbocycles. The lowest BCUT2D eigenvalue weighted by Crippen LogP contribution is -2.48. The zero-order valence-electron chi connectivity index (χ0n) is 9.87. The normalized spacial score (nSPS) is 15.2. The Balaban J connectivity index is 3.07. The first kappa shape index (κ1) is 14.7. The Hall–Kier alpha value is -1.34. The molecular weight excluding hydrogens is 249 g/mol. The molecule has 0 aromatic carbocycles. The van der Waals surface area contributed by atoms with Crippen LogP contribution in [0.25, 0.3) is 0 Å². The van der Waals surface area contributed by atoms with Crippen LogP contribution in [0, 0.1) is 0 Å². The van der Waals surface area contributed by atoms with Crippen molar-refractivity contribution in [2.45, 2.75) is 25.1 Å². The highest BCUT2D eigenvalue weighted by Gasteiger charge is 2.54. The Morgan fingerprint density at radius 3 is 2.56 bits per heavy atom. The van der Waals surface area contributed by atoms with Gasteiger partial charge in [0.2, 0.25) is 0 Å². The van der Waals surface area contributed by atoms with Crippen molar-refractivity contribution in [1.29, 1.82) is 0 Å². The summed E-state index contributed by atoms with van der Waals surface area (Å²) in [5.41, 5.74) is 1.51. The molecule has 0 fully saturated rings. The molecule has 0 aliphatic heterocycles. The molecular formula is C11H15F3N2O2. The first-order chi connectivity index (χ1) is 8.35. The van der Waals surface area contributed by atoms with E-state index in [1.54, 1.807) is 0 Å². The van der Waals surface area contributed by atoms with E-state index in [4.69, 9.17) is 10.5 Å². The first-order valence-corrected chi connectivity index (χ1v) is 5.42. The average Bonchev–Trinajstić information content (AvgIpc) is 2.34. The zero-order chi connectivity index (χ0) is 13.8. The molecule has 0 amide bonds. The molecule has 0 aliphatic carbocycles. The lowest BCUT2D eigenvalue weighted by molar-refractivity contribution is -0.262. The molecule has 102 valence electrons. The van der Waals surface area contributed by atoms with Gasteiger partial charge in [0.25, 0.3) is 0 Å². The highest BCUT2D eigenvalue weighted by molar-refractivity contribution is 5.29. The first-order valence-electron chi connectivity index (χ1n) is 5.42. The fourth-order valence-electron chi connectivity index (χ4n) is 1.34. The number of halogens is 3. The van der Waals surface area contributed by atoms with Crippen LogP contribution in [0.5, 0.6) is 5.75 Å². The summed E-state index contributed by atoms with van der Waals surface area (Å²) in [6, 6.07) is 1.10. The summed E-state index contributed by atoms with van der Waals surface area (Å²) in [4.78, 5) is 3.62. The van der Waals surface area contributed by atoms with E-state index in [1.807, 2.05) is 6.92 Å². The largest absolute Gasteiger partial charge is 0.492 e. The van der Waals surface area contributed by atoms with Crippen LogP contribution in [0.2, 0.25) is 0 Å². The molecule has 0 aliphatic rings. The lowest BCUT2D eigenvalue weighted by atomic mass is 9.95. The van der Waals surface area contributed by atoms with Crippen LogP contribution in [0.1, 0.15) is 18.9 Å². The number of nitrogens with two attached hydrogens (primary N) is 1. The standard InChI is InChI=1S/C11H15F3N2O2/c1-2-3-18-9-4-8(5-16-6-9)10(17,7-15)11(12,13)14/h4-6,17H,2-3,7,15H2,1H3. The molecule has 1 atom stereocenters. The zero-order valence-corrected chi connectivity index (χ0v) is 9.87. The molecule has 1 aromatic heterocycles. The van der Waals surface area contributed by atoms with Crippen molar-refractivity contribution in [1.82, 2.24) is 4.98 Å². The van der Waals surface area contributed by atoms with Gasteiger partial charge < -0.3 is 15.6 Å². The van der Waals surface area contributed by atoms with E-state index in [2.05, 4.69) is 4.98 Å². The fourth-order valence-corrected chi connectivity index (χ4v) is 1.34. The monoisotopic (exact) mass is 264 g/mol. The van der Waals surface area contributed by atoms with Gasteiger partial charge in [0.1, 0.15) is 5.75 Å². The second kappa shape index (κ2) is 5.53. The van der Waals surface area contributed by atoms with Crippen LogP contribution in [0.15, 0.2) is 18.5 Å². The fraction of sp³-hybridized carbons (Fsp3) is 0.545. The van der Waals surface area contributed by atoms with E-state index < -0.39 is 23.9 Å². The van der Waals surface area contributed by atoms with Crippen LogP contribution in [0.3, 0.4) is 0 Å². The van der Waals surface area contributed by atoms with Gasteiger partial charge in [-0.1, -0.05) is 6.92 Å². The minimum Gasteiger partial charge on any atom is -0.492 e. The average molecular weight is 264 g/mol. The Kier molecular flexibility index (Phi) is 4.53. The van der Waals surface area contributed by atoms with Crippen molar-refractivity contribution in [3.63, 3.8) is 0 Å². The highest BCUT2D eigenvalue weighted by Crippen LogP contribution is 2.38. The molecule has 4 nitrogen and oxygen atoms in total. The van der Waals surface area contributed by atoms with Gasteiger partial charge in [-0.25, -0.2) is 0 Å². The lowest BCUT2D eigenvalue weighted by Gasteiger charge is -2.29. The van der Waals surface area contributed by atoms with Crippen LogP contribution >= 0.6 is 0 Å². The number of ether oxygens (including phenoxy) is 1. The summed E-state index contributed by atoms with van der Waals surface area (Å²) in [6.07, 6.45) is -1.94. The predicted molar refractivity (Wildman–Crippen MR) is 59.0 cm³/mol. The van der Waals surface area contributed by atoms with Crippen molar-refractivity contribution in [2.75, 3.05) is 13.2 Å². The van der Waals surface area contributed by atoms with E-state index in [-0.39, 0.29) is 5.75 Å². The molecule has 0 radical (unpaired) electrons. The molecule has 0 bridgehead atoms. The predicted octanol–water partition coefficient (Wildman–Crippen LogP) is 1.58. The Labute approximate surface area is 103 Å². The highest BCUT2D eigenvalue weighted by atomic mass is 19.4. The third kappa shape index (κ3) is 2.91. The molecule has 18 heavy (non-hydrogen) atoms. The number of rotatable bonds is 5. The SMILES string of the molecule is CCCOc1cncc(C(O)(CN)C(F)(F)F)c1. The second-order valence-electron chi connectivity index (χ2n) is 3.82. The molecule has 3 N–H and O–H groups in total. The van der Waals surface area contributed by atoms with E-state index in [9.17, 15) is 18.3 Å². The quantitative estimate of drug-likeness (QED) is 0.847. The van der Waals surface area contributed by atoms with Crippen LogP contribution < -0.4 is 10.5 Å². The minimum atomic E-state index is -4.87. The number of alkyl halides is 3. The number of aromatic nitrogens is 1. The second-order valence-corrected chi connectivity index (χ2v) is 3.82. The summed E-state index contributed by atoms with van der Waals surface area (Å²) in [5, 5.41) is 9.63. The third-order valence-electron chi connectivity index (χ3n) is 2.43. The van der Waals surface area contributed by atoms with Crippen molar-refractivity contribution in [2.24, 2.45) is 5.73 Å². The molecule has 0 spiro atoms. The van der Waals surface area contributed by atoms with E-state index >= 15 is 0 Å². The summed E-state index contributed by atoms with van der Waals surface area (Å²) in [5.74, 6) is 0.172. The molecule has 1 unspecified atom stereocenters. The molecule has 1 aromatic rings. The van der Waals surface area contributed by atoms with Gasteiger partial charge in [0.05, 0.1) is 12.8 Å². The maximum atomic E-state index is 12.8. The Morgan fingerprint density at radius 1 is 1.39 bits per heavy atom. The minimum absolute atomic E-state index is 0.172. The summed E-state index contributed by atoms with van der Waals surface area (Å²) < 4.78 is 43.5. The summed E-state index contributed by atoms with van der Waals surface area (Å²) in [6.45, 7) is 1.25. The van der Waals surface area contributed by atoms with E-state index in [1.165, 1.54) is 6.20 Å². The number of hydrogen-bond acceptors (Lipinski definition) is 4. The number of nitrogens with zero attached hydrogens (tertiary/aromatic N) is 1. The maximum absolute atomic E-state index is 12.8. The van der Waals surface area contributed by atoms with Crippen molar-refractivity contribution in [3.8, 4) is 5.75 Å². The van der Waals surface area contributed by atoms with E-state index in [0.29, 0.717) is 13.0 Å². The van der Waals surface area contributed by atoms with Crippen LogP contribution in [-0.2, 0) is 5.60 Å². The molecule has 1 rings (SSSR count). The topological polar surface area (TPSA) is 68.4 Å². The van der Waals surface area contributed by atoms with Gasteiger partial charge >= 0.3 is 6.18 Å². The van der Waals surface area contributed by atoms with Crippen molar-refractivity contribution >= 4 is 0 Å². The van der Waals surface area contributed by atoms with Gasteiger partial charge in [-0.05, 0) is 12.5 Å². The maximum Gasteiger partial charge on any atom is 0.422 e. The third-order valence-corrected chi connectivity index (χ3v) is 2.43. The van der Waals surface area contributed by atoms with Gasteiger partial charge in [0.15, 0.2) is 5.60 Å². The number of aliphatic hydroxyl groups is 1. The van der Waals surface area contributed by atoms with Gasteiger partial charge in [-0.3, -0.25) is 4.98 Å². The molecule has 1 heterocycles. The summed E-state index contributed by atoms with van der Waals surface area (Å²) >= 11 is 0. The smallest absolute Gasteiger partial charge is 0.422 e. The van der Waals surface area contributed by atoms with Gasteiger partial charge in [-0.2, -0.15) is 13.2 Å². The van der Waals surface area contributed by atoms with Crippen LogP contribution in [0.4, 0.5) is 13.2 Å². The van der Waals surface area contributed by atoms with E-state index in [0.717, 1.165) is 12.3 Å². The Morgan fingerprint density at radius 2 is 2.06 bits per heavy atom. The molecule has 7 heteroatoms. The summed E-state index contributed by atoms with van der Waals surface area (Å²) in [7, 11) is 0. The van der Waals surface area contributed by atoms with Crippen LogP contribution in [-0.4, -0.2) is 29.4 Å².